The van der Waals surface area contributed by atoms with E-state index in [1.54, 1.807) is 0 Å². The average Bonchev–Trinajstić information content (AvgIpc) is 2.74. The van der Waals surface area contributed by atoms with Crippen LogP contribution in [0.1, 0.15) is 19.3 Å². The van der Waals surface area contributed by atoms with Gasteiger partial charge in [0.15, 0.2) is 0 Å². The van der Waals surface area contributed by atoms with E-state index in [0.717, 1.165) is 5.57 Å². The molecule has 3 rings (SSSR count). The van der Waals surface area contributed by atoms with Crippen molar-refractivity contribution in [3.63, 3.8) is 0 Å². The molecule has 2 aliphatic carbocycles. The molecule has 0 unspecified atom stereocenters. The number of ether oxygens (including phenoxy) is 1. The van der Waals surface area contributed by atoms with E-state index in [0.29, 0.717) is 30.4 Å². The van der Waals surface area contributed by atoms with Gasteiger partial charge in [0, 0.05) is 17.4 Å². The summed E-state index contributed by atoms with van der Waals surface area (Å²) >= 11 is 0. The Labute approximate surface area is 112 Å². The van der Waals surface area contributed by atoms with E-state index in [9.17, 15) is 15.0 Å². The topological polar surface area (TPSA) is 66.8 Å². The van der Waals surface area contributed by atoms with Crippen molar-refractivity contribution in [2.45, 2.75) is 37.1 Å². The summed E-state index contributed by atoms with van der Waals surface area (Å²) in [5, 5.41) is 21.1. The standard InChI is InChI=1S/C15H18O4/c1-7-4-5-10-8(2)14(17)19-13(10)15(18)9(3)12(16)6-11(7)15/h10-13,16,18H,1-6H2/t10-,11-,12+,13-,15+/m0/s1. The van der Waals surface area contributed by atoms with Gasteiger partial charge in [-0.3, -0.25) is 0 Å². The molecule has 102 valence electrons. The van der Waals surface area contributed by atoms with Crippen LogP contribution in [0.15, 0.2) is 36.5 Å². The molecule has 0 aromatic carbocycles. The van der Waals surface area contributed by atoms with Gasteiger partial charge in [-0.1, -0.05) is 25.3 Å². The lowest BCUT2D eigenvalue weighted by Gasteiger charge is -2.36. The largest absolute Gasteiger partial charge is 0.455 e. The number of hydrogen-bond donors (Lipinski definition) is 2. The Bertz CT molecular complexity index is 506. The second-order valence-electron chi connectivity index (χ2n) is 5.81. The average molecular weight is 262 g/mol. The zero-order valence-electron chi connectivity index (χ0n) is 10.8. The molecular weight excluding hydrogens is 244 g/mol. The highest BCUT2D eigenvalue weighted by Crippen LogP contribution is 2.54. The lowest BCUT2D eigenvalue weighted by Crippen LogP contribution is -2.49. The van der Waals surface area contributed by atoms with Gasteiger partial charge in [-0.2, -0.15) is 0 Å². The second-order valence-corrected chi connectivity index (χ2v) is 5.81. The third-order valence-electron chi connectivity index (χ3n) is 4.92. The SMILES string of the molecule is C=C1C(=O)O[C@H]2[C@H]1CCC(=C)[C@@H]1C[C@@H](O)C(=C)[C@@]12O. The number of hydrogen-bond acceptors (Lipinski definition) is 4. The fourth-order valence-corrected chi connectivity index (χ4v) is 3.74. The Morgan fingerprint density at radius 3 is 2.68 bits per heavy atom. The van der Waals surface area contributed by atoms with E-state index in [2.05, 4.69) is 19.7 Å². The second kappa shape index (κ2) is 3.81. The molecule has 2 saturated carbocycles. The number of carbonyl (C=O) groups excluding carboxylic acids is 1. The van der Waals surface area contributed by atoms with Gasteiger partial charge in [0.05, 0.1) is 6.10 Å². The van der Waals surface area contributed by atoms with E-state index in [1.165, 1.54) is 0 Å². The van der Waals surface area contributed by atoms with Crippen LogP contribution >= 0.6 is 0 Å². The van der Waals surface area contributed by atoms with E-state index < -0.39 is 23.8 Å². The molecule has 0 radical (unpaired) electrons. The van der Waals surface area contributed by atoms with Crippen molar-refractivity contribution in [3.05, 3.63) is 36.5 Å². The third-order valence-corrected chi connectivity index (χ3v) is 4.92. The first-order chi connectivity index (χ1) is 8.87. The Morgan fingerprint density at radius 1 is 1.32 bits per heavy atom. The Morgan fingerprint density at radius 2 is 2.00 bits per heavy atom. The summed E-state index contributed by atoms with van der Waals surface area (Å²) in [7, 11) is 0. The fraction of sp³-hybridized carbons (Fsp3) is 0.533. The van der Waals surface area contributed by atoms with Gasteiger partial charge in [0.25, 0.3) is 0 Å². The van der Waals surface area contributed by atoms with Crippen molar-refractivity contribution < 1.29 is 19.7 Å². The maximum atomic E-state index is 11.7. The highest BCUT2D eigenvalue weighted by molar-refractivity contribution is 5.91. The first-order valence-corrected chi connectivity index (χ1v) is 6.54. The quantitative estimate of drug-likeness (QED) is 0.390. The van der Waals surface area contributed by atoms with Gasteiger partial charge in [-0.25, -0.2) is 4.79 Å². The minimum absolute atomic E-state index is 0.221. The van der Waals surface area contributed by atoms with Gasteiger partial charge >= 0.3 is 5.97 Å². The maximum Gasteiger partial charge on any atom is 0.334 e. The predicted octanol–water partition coefficient (Wildman–Crippen LogP) is 1.10. The normalized spacial score (nSPS) is 45.8. The summed E-state index contributed by atoms with van der Waals surface area (Å²) in [5.41, 5.74) is 0.213. The molecule has 0 aromatic heterocycles. The van der Waals surface area contributed by atoms with Crippen LogP contribution in [-0.2, 0) is 9.53 Å². The van der Waals surface area contributed by atoms with Crippen molar-refractivity contribution in [2.75, 3.05) is 0 Å². The summed E-state index contributed by atoms with van der Waals surface area (Å²) in [6.07, 6.45) is 0.307. The molecule has 5 atom stereocenters. The summed E-state index contributed by atoms with van der Waals surface area (Å²) in [4.78, 5) is 11.7. The number of esters is 1. The molecular formula is C15H18O4. The zero-order chi connectivity index (χ0) is 13.9. The first kappa shape index (κ1) is 12.6. The van der Waals surface area contributed by atoms with Gasteiger partial charge in [0.1, 0.15) is 11.7 Å². The number of carbonyl (C=O) groups is 1. The molecule has 2 N–H and O–H groups in total. The van der Waals surface area contributed by atoms with Gasteiger partial charge < -0.3 is 14.9 Å². The van der Waals surface area contributed by atoms with Crippen LogP contribution in [-0.4, -0.2) is 34.0 Å². The lowest BCUT2D eigenvalue weighted by molar-refractivity contribution is -0.151. The predicted molar refractivity (Wildman–Crippen MR) is 69.1 cm³/mol. The first-order valence-electron chi connectivity index (χ1n) is 6.54. The highest BCUT2D eigenvalue weighted by Gasteiger charge is 2.62. The molecule has 4 nitrogen and oxygen atoms in total. The Kier molecular flexibility index (Phi) is 2.53. The van der Waals surface area contributed by atoms with Crippen LogP contribution in [0.5, 0.6) is 0 Å². The molecule has 0 bridgehead atoms. The lowest BCUT2D eigenvalue weighted by atomic mass is 9.77. The Hall–Kier alpha value is -1.39. The molecule has 4 heteroatoms. The van der Waals surface area contributed by atoms with Crippen molar-refractivity contribution in [2.24, 2.45) is 11.8 Å². The van der Waals surface area contributed by atoms with Crippen LogP contribution in [0, 0.1) is 11.8 Å². The van der Waals surface area contributed by atoms with Crippen molar-refractivity contribution >= 4 is 5.97 Å². The molecule has 1 aliphatic heterocycles. The van der Waals surface area contributed by atoms with Crippen LogP contribution in [0.2, 0.25) is 0 Å². The summed E-state index contributed by atoms with van der Waals surface area (Å²) in [6.45, 7) is 11.6. The number of fused-ring (bicyclic) bond motifs is 3. The fourth-order valence-electron chi connectivity index (χ4n) is 3.74. The summed E-state index contributed by atoms with van der Waals surface area (Å²) in [5.74, 6) is -0.978. The van der Waals surface area contributed by atoms with E-state index in [-0.39, 0.29) is 11.8 Å². The summed E-state index contributed by atoms with van der Waals surface area (Å²) < 4.78 is 5.34. The van der Waals surface area contributed by atoms with Crippen molar-refractivity contribution in [1.29, 1.82) is 0 Å². The minimum atomic E-state index is -1.41. The summed E-state index contributed by atoms with van der Waals surface area (Å²) in [6, 6.07) is 0. The van der Waals surface area contributed by atoms with Crippen molar-refractivity contribution in [3.8, 4) is 0 Å². The molecule has 0 amide bonds. The maximum absolute atomic E-state index is 11.7. The molecule has 1 saturated heterocycles. The third kappa shape index (κ3) is 1.44. The zero-order valence-corrected chi connectivity index (χ0v) is 10.8. The smallest absolute Gasteiger partial charge is 0.334 e. The molecule has 3 fully saturated rings. The number of aliphatic hydroxyl groups excluding tert-OH is 1. The molecule has 0 aromatic rings. The van der Waals surface area contributed by atoms with E-state index >= 15 is 0 Å². The van der Waals surface area contributed by atoms with Crippen LogP contribution in [0.4, 0.5) is 0 Å². The van der Waals surface area contributed by atoms with Crippen molar-refractivity contribution in [1.82, 2.24) is 0 Å². The van der Waals surface area contributed by atoms with Gasteiger partial charge in [0.2, 0.25) is 0 Å². The molecule has 3 aliphatic rings. The molecule has 0 spiro atoms. The Balaban J connectivity index is 2.11. The van der Waals surface area contributed by atoms with Crippen LogP contribution in [0.25, 0.3) is 0 Å². The minimum Gasteiger partial charge on any atom is -0.455 e. The highest BCUT2D eigenvalue weighted by atomic mass is 16.6. The molecule has 1 heterocycles. The monoisotopic (exact) mass is 262 g/mol. The number of aliphatic hydroxyl groups is 2. The molecule has 19 heavy (non-hydrogen) atoms. The van der Waals surface area contributed by atoms with Gasteiger partial charge in [-0.15, -0.1) is 0 Å². The number of rotatable bonds is 0. The van der Waals surface area contributed by atoms with Gasteiger partial charge in [-0.05, 0) is 24.8 Å². The van der Waals surface area contributed by atoms with E-state index in [1.807, 2.05) is 0 Å². The van der Waals surface area contributed by atoms with Crippen LogP contribution in [0.3, 0.4) is 0 Å². The van der Waals surface area contributed by atoms with Crippen LogP contribution < -0.4 is 0 Å². The van der Waals surface area contributed by atoms with E-state index in [4.69, 9.17) is 4.74 Å².